The van der Waals surface area contributed by atoms with Gasteiger partial charge in [0, 0.05) is 42.4 Å². The average molecular weight is 352 g/mol. The molecule has 6 heteroatoms. The van der Waals surface area contributed by atoms with E-state index in [9.17, 15) is 0 Å². The molecule has 3 heterocycles. The van der Waals surface area contributed by atoms with E-state index in [2.05, 4.69) is 34.0 Å². The highest BCUT2D eigenvalue weighted by molar-refractivity contribution is 5.53. The zero-order valence-electron chi connectivity index (χ0n) is 15.5. The number of methoxy groups -OCH3 is 2. The second-order valence-corrected chi connectivity index (χ2v) is 6.60. The van der Waals surface area contributed by atoms with Crippen LogP contribution in [0.3, 0.4) is 0 Å². The van der Waals surface area contributed by atoms with Crippen LogP contribution in [0.4, 0.5) is 5.82 Å². The van der Waals surface area contributed by atoms with Crippen molar-refractivity contribution in [3.8, 4) is 11.5 Å². The van der Waals surface area contributed by atoms with E-state index in [1.807, 2.05) is 28.9 Å². The summed E-state index contributed by atoms with van der Waals surface area (Å²) in [6.07, 6.45) is 3.79. The molecule has 0 N–H and O–H groups in total. The van der Waals surface area contributed by atoms with Crippen LogP contribution >= 0.6 is 0 Å². The van der Waals surface area contributed by atoms with E-state index in [1.165, 1.54) is 5.56 Å². The van der Waals surface area contributed by atoms with Crippen LogP contribution in [0.1, 0.15) is 30.5 Å². The molecule has 0 amide bonds. The minimum atomic E-state index is 0.393. The van der Waals surface area contributed by atoms with Gasteiger partial charge in [0.15, 0.2) is 5.65 Å². The first-order valence-electron chi connectivity index (χ1n) is 9.04. The topological polar surface area (TPSA) is 51.9 Å². The Kier molecular flexibility index (Phi) is 4.41. The number of fused-ring (bicyclic) bond motifs is 1. The first-order chi connectivity index (χ1) is 12.7. The van der Waals surface area contributed by atoms with E-state index >= 15 is 0 Å². The van der Waals surface area contributed by atoms with Gasteiger partial charge in [-0.15, -0.1) is 0 Å². The molecule has 0 spiro atoms. The molecule has 1 aromatic carbocycles. The highest BCUT2D eigenvalue weighted by Gasteiger charge is 2.28. The molecule has 1 atom stereocenters. The molecule has 3 aromatic rings. The predicted molar refractivity (Wildman–Crippen MR) is 101 cm³/mol. The minimum absolute atomic E-state index is 0.393. The average Bonchev–Trinajstić information content (AvgIpc) is 3.35. The van der Waals surface area contributed by atoms with Gasteiger partial charge in [-0.2, -0.15) is 9.61 Å². The van der Waals surface area contributed by atoms with Crippen molar-refractivity contribution >= 4 is 11.5 Å². The number of hydrogen-bond donors (Lipinski definition) is 0. The van der Waals surface area contributed by atoms with Crippen molar-refractivity contribution < 1.29 is 9.47 Å². The van der Waals surface area contributed by atoms with E-state index < -0.39 is 0 Å². The molecule has 4 rings (SSSR count). The Bertz CT molecular complexity index is 921. The summed E-state index contributed by atoms with van der Waals surface area (Å²) in [5, 5.41) is 4.47. The molecule has 0 saturated carbocycles. The van der Waals surface area contributed by atoms with Gasteiger partial charge in [0.25, 0.3) is 0 Å². The van der Waals surface area contributed by atoms with Crippen LogP contribution in [0.15, 0.2) is 36.5 Å². The predicted octanol–water partition coefficient (Wildman–Crippen LogP) is 3.30. The Balaban J connectivity index is 1.67. The van der Waals surface area contributed by atoms with Crippen molar-refractivity contribution in [1.82, 2.24) is 14.6 Å². The summed E-state index contributed by atoms with van der Waals surface area (Å²) in [6, 6.07) is 10.1. The third kappa shape index (κ3) is 2.85. The van der Waals surface area contributed by atoms with Gasteiger partial charge in [0.05, 0.1) is 20.4 Å². The molecule has 1 saturated heterocycles. The lowest BCUT2D eigenvalue weighted by Crippen LogP contribution is -2.23. The molecule has 6 nitrogen and oxygen atoms in total. The van der Waals surface area contributed by atoms with Crippen LogP contribution in [0.5, 0.6) is 11.5 Å². The fourth-order valence-electron chi connectivity index (χ4n) is 3.73. The summed E-state index contributed by atoms with van der Waals surface area (Å²) in [6.45, 7) is 4.03. The molecule has 1 aliphatic rings. The van der Waals surface area contributed by atoms with Gasteiger partial charge >= 0.3 is 0 Å². The standard InChI is InChI=1S/C20H24N4O2/c1-4-15-11-20(24-19(22-15)7-9-21-24)23-10-8-14(13-23)17-12-16(25-2)5-6-18(17)26-3/h5-7,9,11-12,14H,4,8,10,13H2,1-3H3/t14-/m0/s1. The molecule has 136 valence electrons. The van der Waals surface area contributed by atoms with Gasteiger partial charge in [-0.3, -0.25) is 0 Å². The first-order valence-corrected chi connectivity index (χ1v) is 9.04. The van der Waals surface area contributed by atoms with E-state index in [1.54, 1.807) is 14.2 Å². The quantitative estimate of drug-likeness (QED) is 0.705. The molecule has 26 heavy (non-hydrogen) atoms. The fraction of sp³-hybridized carbons (Fsp3) is 0.400. The Morgan fingerprint density at radius 3 is 2.81 bits per heavy atom. The van der Waals surface area contributed by atoms with E-state index in [4.69, 9.17) is 9.47 Å². The second kappa shape index (κ2) is 6.86. The van der Waals surface area contributed by atoms with Gasteiger partial charge in [-0.25, -0.2) is 4.98 Å². The van der Waals surface area contributed by atoms with Crippen LogP contribution in [0, 0.1) is 0 Å². The Morgan fingerprint density at radius 2 is 2.04 bits per heavy atom. The van der Waals surface area contributed by atoms with Crippen molar-refractivity contribution in [1.29, 1.82) is 0 Å². The molecular weight excluding hydrogens is 328 g/mol. The number of ether oxygens (including phenoxy) is 2. The lowest BCUT2D eigenvalue weighted by atomic mass is 9.97. The van der Waals surface area contributed by atoms with Crippen LogP contribution in [-0.4, -0.2) is 41.9 Å². The summed E-state index contributed by atoms with van der Waals surface area (Å²) in [5.74, 6) is 3.29. The van der Waals surface area contributed by atoms with Gasteiger partial charge in [0.1, 0.15) is 17.3 Å². The van der Waals surface area contributed by atoms with Gasteiger partial charge in [0.2, 0.25) is 0 Å². The summed E-state index contributed by atoms with van der Waals surface area (Å²) < 4.78 is 12.9. The summed E-state index contributed by atoms with van der Waals surface area (Å²) in [5.41, 5.74) is 3.20. The lowest BCUT2D eigenvalue weighted by Gasteiger charge is -2.21. The highest BCUT2D eigenvalue weighted by atomic mass is 16.5. The van der Waals surface area contributed by atoms with Crippen molar-refractivity contribution in [2.24, 2.45) is 0 Å². The number of aryl methyl sites for hydroxylation is 1. The number of benzene rings is 1. The third-order valence-electron chi connectivity index (χ3n) is 5.14. The number of nitrogens with zero attached hydrogens (tertiary/aromatic N) is 4. The van der Waals surface area contributed by atoms with Crippen LogP contribution in [0.25, 0.3) is 5.65 Å². The highest BCUT2D eigenvalue weighted by Crippen LogP contribution is 2.37. The third-order valence-corrected chi connectivity index (χ3v) is 5.14. The first kappa shape index (κ1) is 16.7. The molecule has 0 radical (unpaired) electrons. The second-order valence-electron chi connectivity index (χ2n) is 6.60. The summed E-state index contributed by atoms with van der Waals surface area (Å²) >= 11 is 0. The number of rotatable bonds is 5. The molecule has 2 aromatic heterocycles. The Hall–Kier alpha value is -2.76. The maximum Gasteiger partial charge on any atom is 0.157 e. The Labute approximate surface area is 153 Å². The molecular formula is C20H24N4O2. The normalized spacial score (nSPS) is 17.0. The van der Waals surface area contributed by atoms with Crippen molar-refractivity contribution in [3.63, 3.8) is 0 Å². The monoisotopic (exact) mass is 352 g/mol. The molecule has 0 unspecified atom stereocenters. The van der Waals surface area contributed by atoms with Crippen molar-refractivity contribution in [2.45, 2.75) is 25.7 Å². The minimum Gasteiger partial charge on any atom is -0.497 e. The lowest BCUT2D eigenvalue weighted by molar-refractivity contribution is 0.396. The van der Waals surface area contributed by atoms with Gasteiger partial charge in [-0.1, -0.05) is 6.92 Å². The molecule has 0 bridgehead atoms. The van der Waals surface area contributed by atoms with Crippen molar-refractivity contribution in [2.75, 3.05) is 32.2 Å². The maximum absolute atomic E-state index is 5.59. The van der Waals surface area contributed by atoms with Crippen LogP contribution in [0.2, 0.25) is 0 Å². The number of anilines is 1. The number of hydrogen-bond acceptors (Lipinski definition) is 5. The summed E-state index contributed by atoms with van der Waals surface area (Å²) in [7, 11) is 3.42. The van der Waals surface area contributed by atoms with Gasteiger partial charge in [-0.05, 0) is 31.0 Å². The fourth-order valence-corrected chi connectivity index (χ4v) is 3.73. The van der Waals surface area contributed by atoms with E-state index in [-0.39, 0.29) is 0 Å². The van der Waals surface area contributed by atoms with Crippen molar-refractivity contribution in [3.05, 3.63) is 47.8 Å². The zero-order chi connectivity index (χ0) is 18.1. The zero-order valence-corrected chi connectivity index (χ0v) is 15.5. The molecule has 1 aliphatic heterocycles. The van der Waals surface area contributed by atoms with E-state index in [0.29, 0.717) is 5.92 Å². The molecule has 0 aliphatic carbocycles. The van der Waals surface area contributed by atoms with Gasteiger partial charge < -0.3 is 14.4 Å². The van der Waals surface area contributed by atoms with Crippen LogP contribution in [-0.2, 0) is 6.42 Å². The SMILES string of the molecule is CCc1cc(N2CC[C@H](c3cc(OC)ccc3OC)C2)n2nccc2n1. The molecule has 1 fully saturated rings. The maximum atomic E-state index is 5.59. The smallest absolute Gasteiger partial charge is 0.157 e. The Morgan fingerprint density at radius 1 is 1.15 bits per heavy atom. The largest absolute Gasteiger partial charge is 0.497 e. The number of aromatic nitrogens is 3. The summed E-state index contributed by atoms with van der Waals surface area (Å²) in [4.78, 5) is 7.04. The van der Waals surface area contributed by atoms with E-state index in [0.717, 1.165) is 54.6 Å². The van der Waals surface area contributed by atoms with Crippen LogP contribution < -0.4 is 14.4 Å².